The van der Waals surface area contributed by atoms with Gasteiger partial charge in [-0.2, -0.15) is 0 Å². The number of methoxy groups -OCH3 is 1. The Labute approximate surface area is 155 Å². The van der Waals surface area contributed by atoms with Crippen molar-refractivity contribution in [2.75, 3.05) is 19.0 Å². The second-order valence-electron chi connectivity index (χ2n) is 5.80. The number of amides is 2. The van der Waals surface area contributed by atoms with Crippen LogP contribution in [0.4, 0.5) is 10.6 Å². The molecule has 1 aliphatic heterocycles. The van der Waals surface area contributed by atoms with Gasteiger partial charge in [-0.15, -0.1) is 0 Å². The fourth-order valence-electron chi connectivity index (χ4n) is 2.75. The lowest BCUT2D eigenvalue weighted by molar-refractivity contribution is 0.0593. The third-order valence-corrected chi connectivity index (χ3v) is 4.35. The Bertz CT molecular complexity index is 856. The number of halogens is 1. The van der Waals surface area contributed by atoms with Gasteiger partial charge in [-0.05, 0) is 24.6 Å². The number of para-hydroxylation sites is 1. The summed E-state index contributed by atoms with van der Waals surface area (Å²) >= 11 is 6.14. The fourth-order valence-corrected chi connectivity index (χ4v) is 2.99. The number of carbonyl (C=O) groups is 2. The maximum Gasteiger partial charge on any atom is 0.357 e. The molecule has 1 atom stereocenters. The van der Waals surface area contributed by atoms with Crippen LogP contribution in [-0.4, -0.2) is 30.7 Å². The van der Waals surface area contributed by atoms with E-state index in [4.69, 9.17) is 21.1 Å². The normalized spacial score (nSPS) is 15.4. The summed E-state index contributed by atoms with van der Waals surface area (Å²) in [7, 11) is 1.28. The highest BCUT2D eigenvalue weighted by molar-refractivity contribution is 6.32. The smallest absolute Gasteiger partial charge is 0.357 e. The molecule has 2 amide bonds. The van der Waals surface area contributed by atoms with Gasteiger partial charge < -0.3 is 14.8 Å². The first-order valence-electron chi connectivity index (χ1n) is 8.04. The molecule has 0 bridgehead atoms. The van der Waals surface area contributed by atoms with Crippen LogP contribution >= 0.6 is 11.6 Å². The number of pyridine rings is 1. The highest BCUT2D eigenvalue weighted by Gasteiger charge is 2.25. The molecule has 8 heteroatoms. The molecule has 3 rings (SSSR count). The Kier molecular flexibility index (Phi) is 5.27. The average Bonchev–Trinajstić information content (AvgIpc) is 2.63. The van der Waals surface area contributed by atoms with Crippen LogP contribution in [0, 0.1) is 6.92 Å². The minimum atomic E-state index is -0.556. The van der Waals surface area contributed by atoms with E-state index in [2.05, 4.69) is 15.6 Å². The SMILES string of the molecule is COC(=O)c1nc(NC(=O)N[C@H]2CCOc3c(Cl)cccc32)ccc1C. The van der Waals surface area contributed by atoms with Crippen molar-refractivity contribution in [2.24, 2.45) is 0 Å². The molecular formula is C18H18ClN3O4. The maximum absolute atomic E-state index is 12.4. The minimum absolute atomic E-state index is 0.161. The van der Waals surface area contributed by atoms with Crippen LogP contribution in [-0.2, 0) is 4.74 Å². The fraction of sp³-hybridized carbons (Fsp3) is 0.278. The Hall–Kier alpha value is -2.80. The van der Waals surface area contributed by atoms with E-state index in [1.165, 1.54) is 7.11 Å². The summed E-state index contributed by atoms with van der Waals surface area (Å²) in [5, 5.41) is 6.03. The number of esters is 1. The molecule has 2 aromatic rings. The van der Waals surface area contributed by atoms with Crippen LogP contribution in [0.3, 0.4) is 0 Å². The van der Waals surface area contributed by atoms with Gasteiger partial charge in [0.15, 0.2) is 5.69 Å². The molecule has 2 heterocycles. The minimum Gasteiger partial charge on any atom is -0.492 e. The van der Waals surface area contributed by atoms with E-state index in [0.29, 0.717) is 29.4 Å². The molecule has 0 saturated heterocycles. The molecule has 0 saturated carbocycles. The molecule has 2 N–H and O–H groups in total. The van der Waals surface area contributed by atoms with Crippen molar-refractivity contribution in [3.05, 3.63) is 52.2 Å². The highest BCUT2D eigenvalue weighted by atomic mass is 35.5. The summed E-state index contributed by atoms with van der Waals surface area (Å²) in [5.74, 6) is 0.290. The van der Waals surface area contributed by atoms with Crippen molar-refractivity contribution in [1.82, 2.24) is 10.3 Å². The number of nitrogens with one attached hydrogen (secondary N) is 2. The highest BCUT2D eigenvalue weighted by Crippen LogP contribution is 2.37. The van der Waals surface area contributed by atoms with E-state index < -0.39 is 12.0 Å². The van der Waals surface area contributed by atoms with Gasteiger partial charge >= 0.3 is 12.0 Å². The zero-order chi connectivity index (χ0) is 18.7. The summed E-state index contributed by atoms with van der Waals surface area (Å²) in [5.41, 5.74) is 1.65. The molecule has 0 unspecified atom stereocenters. The standard InChI is InChI=1S/C18H18ClN3O4/c1-10-6-7-14(21-15(10)17(23)25-2)22-18(24)20-13-8-9-26-16-11(13)4-3-5-12(16)19/h3-7,13H,8-9H2,1-2H3,(H2,20,21,22,24)/t13-/m0/s1. The number of aromatic nitrogens is 1. The second kappa shape index (κ2) is 7.61. The number of nitrogens with zero attached hydrogens (tertiary/aromatic N) is 1. The largest absolute Gasteiger partial charge is 0.492 e. The number of rotatable bonds is 3. The van der Waals surface area contributed by atoms with Gasteiger partial charge in [0.25, 0.3) is 0 Å². The molecular weight excluding hydrogens is 358 g/mol. The first kappa shape index (κ1) is 18.0. The van der Waals surface area contributed by atoms with Gasteiger partial charge in [-0.1, -0.05) is 29.8 Å². The van der Waals surface area contributed by atoms with Crippen LogP contribution in [0.5, 0.6) is 5.75 Å². The Balaban J connectivity index is 1.73. The van der Waals surface area contributed by atoms with E-state index in [1.807, 2.05) is 12.1 Å². The summed E-state index contributed by atoms with van der Waals surface area (Å²) < 4.78 is 10.3. The van der Waals surface area contributed by atoms with Crippen LogP contribution in [0.25, 0.3) is 0 Å². The van der Waals surface area contributed by atoms with Crippen LogP contribution in [0.2, 0.25) is 5.02 Å². The van der Waals surface area contributed by atoms with E-state index in [1.54, 1.807) is 25.1 Å². The van der Waals surface area contributed by atoms with E-state index in [-0.39, 0.29) is 17.6 Å². The van der Waals surface area contributed by atoms with Gasteiger partial charge in [-0.3, -0.25) is 5.32 Å². The zero-order valence-corrected chi connectivity index (χ0v) is 15.1. The van der Waals surface area contributed by atoms with Crippen LogP contribution in [0.1, 0.15) is 34.1 Å². The number of aryl methyl sites for hydroxylation is 1. The number of carbonyl (C=O) groups excluding carboxylic acids is 2. The second-order valence-corrected chi connectivity index (χ2v) is 6.21. The van der Waals surface area contributed by atoms with Crippen LogP contribution < -0.4 is 15.4 Å². The lowest BCUT2D eigenvalue weighted by atomic mass is 10.0. The van der Waals surface area contributed by atoms with Crippen molar-refractivity contribution in [1.29, 1.82) is 0 Å². The van der Waals surface area contributed by atoms with E-state index >= 15 is 0 Å². The summed E-state index contributed by atoms with van der Waals surface area (Å²) in [4.78, 5) is 28.2. The lowest BCUT2D eigenvalue weighted by Crippen LogP contribution is -2.35. The first-order valence-corrected chi connectivity index (χ1v) is 8.42. The van der Waals surface area contributed by atoms with Crippen LogP contribution in [0.15, 0.2) is 30.3 Å². The van der Waals surface area contributed by atoms with Gasteiger partial charge in [0, 0.05) is 12.0 Å². The quantitative estimate of drug-likeness (QED) is 0.802. The number of anilines is 1. The molecule has 0 radical (unpaired) electrons. The maximum atomic E-state index is 12.4. The van der Waals surface area contributed by atoms with Crippen molar-refractivity contribution < 1.29 is 19.1 Å². The van der Waals surface area contributed by atoms with Gasteiger partial charge in [-0.25, -0.2) is 14.6 Å². The number of hydrogen-bond acceptors (Lipinski definition) is 5. The molecule has 7 nitrogen and oxygen atoms in total. The summed E-state index contributed by atoms with van der Waals surface area (Å²) in [6.07, 6.45) is 0.621. The molecule has 0 spiro atoms. The van der Waals surface area contributed by atoms with Gasteiger partial charge in [0.05, 0.1) is 24.8 Å². The van der Waals surface area contributed by atoms with Crippen molar-refractivity contribution in [3.8, 4) is 5.75 Å². The molecule has 1 aromatic carbocycles. The third-order valence-electron chi connectivity index (χ3n) is 4.05. The molecule has 0 aliphatic carbocycles. The Morgan fingerprint density at radius 2 is 2.12 bits per heavy atom. The summed E-state index contributed by atoms with van der Waals surface area (Å²) in [6, 6.07) is 8.07. The lowest BCUT2D eigenvalue weighted by Gasteiger charge is -2.27. The Morgan fingerprint density at radius 3 is 2.88 bits per heavy atom. The number of urea groups is 1. The van der Waals surface area contributed by atoms with E-state index in [0.717, 1.165) is 5.56 Å². The van der Waals surface area contributed by atoms with Crippen molar-refractivity contribution in [2.45, 2.75) is 19.4 Å². The number of fused-ring (bicyclic) bond motifs is 1. The van der Waals surface area contributed by atoms with E-state index in [9.17, 15) is 9.59 Å². The molecule has 1 aliphatic rings. The average molecular weight is 376 g/mol. The van der Waals surface area contributed by atoms with Crippen molar-refractivity contribution in [3.63, 3.8) is 0 Å². The molecule has 0 fully saturated rings. The zero-order valence-electron chi connectivity index (χ0n) is 14.3. The topological polar surface area (TPSA) is 89.5 Å². The molecule has 26 heavy (non-hydrogen) atoms. The first-order chi connectivity index (χ1) is 12.5. The predicted molar refractivity (Wildman–Crippen MR) is 96.8 cm³/mol. The third kappa shape index (κ3) is 3.72. The molecule has 1 aromatic heterocycles. The Morgan fingerprint density at radius 1 is 1.31 bits per heavy atom. The number of benzene rings is 1. The number of hydrogen-bond donors (Lipinski definition) is 2. The van der Waals surface area contributed by atoms with Gasteiger partial charge in [0.2, 0.25) is 0 Å². The molecule has 136 valence electrons. The monoisotopic (exact) mass is 375 g/mol. The number of ether oxygens (including phenoxy) is 2. The van der Waals surface area contributed by atoms with Crippen molar-refractivity contribution >= 4 is 29.4 Å². The predicted octanol–water partition coefficient (Wildman–Crippen LogP) is 3.48. The summed E-state index contributed by atoms with van der Waals surface area (Å²) in [6.45, 7) is 2.20. The van der Waals surface area contributed by atoms with Gasteiger partial charge in [0.1, 0.15) is 11.6 Å².